The summed E-state index contributed by atoms with van der Waals surface area (Å²) >= 11 is 0. The maximum atomic E-state index is 10.8. The third-order valence-corrected chi connectivity index (χ3v) is 2.62. The van der Waals surface area contributed by atoms with Gasteiger partial charge in [-0.25, -0.2) is 0 Å². The van der Waals surface area contributed by atoms with E-state index in [2.05, 4.69) is 0 Å². The van der Waals surface area contributed by atoms with E-state index in [0.29, 0.717) is 17.4 Å². The highest BCUT2D eigenvalue weighted by atomic mass is 16.4. The van der Waals surface area contributed by atoms with Gasteiger partial charge in [-0.2, -0.15) is 0 Å². The SMILES string of the molecule is C[N+](C)(C)CC(O)(CC(=O)[O-])Cc1ccccc1. The van der Waals surface area contributed by atoms with Crippen molar-refractivity contribution in [2.75, 3.05) is 27.7 Å². The molecule has 0 saturated heterocycles. The highest BCUT2D eigenvalue weighted by Gasteiger charge is 2.33. The van der Waals surface area contributed by atoms with Crippen molar-refractivity contribution in [2.24, 2.45) is 0 Å². The summed E-state index contributed by atoms with van der Waals surface area (Å²) in [6.45, 7) is 0.357. The van der Waals surface area contributed by atoms with Crippen LogP contribution in [0.5, 0.6) is 0 Å². The molecule has 0 spiro atoms. The van der Waals surface area contributed by atoms with Gasteiger partial charge in [0.2, 0.25) is 0 Å². The second-order valence-electron chi connectivity index (χ2n) is 5.88. The summed E-state index contributed by atoms with van der Waals surface area (Å²) in [7, 11) is 5.77. The first-order valence-corrected chi connectivity index (χ1v) is 5.97. The van der Waals surface area contributed by atoms with Crippen LogP contribution >= 0.6 is 0 Å². The van der Waals surface area contributed by atoms with Crippen LogP contribution in [0.2, 0.25) is 0 Å². The second-order valence-corrected chi connectivity index (χ2v) is 5.88. The third-order valence-electron chi connectivity index (χ3n) is 2.62. The predicted octanol–water partition coefficient (Wildman–Crippen LogP) is -0.194. The van der Waals surface area contributed by atoms with E-state index in [4.69, 9.17) is 0 Å². The molecule has 0 aliphatic carbocycles. The van der Waals surface area contributed by atoms with Crippen LogP contribution in [-0.4, -0.2) is 48.8 Å². The largest absolute Gasteiger partial charge is 0.550 e. The van der Waals surface area contributed by atoms with Gasteiger partial charge < -0.3 is 19.5 Å². The fourth-order valence-corrected chi connectivity index (χ4v) is 2.30. The van der Waals surface area contributed by atoms with E-state index >= 15 is 0 Å². The molecule has 0 aliphatic rings. The Labute approximate surface area is 108 Å². The molecule has 1 N–H and O–H groups in total. The number of aliphatic carboxylic acids is 1. The fraction of sp³-hybridized carbons (Fsp3) is 0.500. The summed E-state index contributed by atoms with van der Waals surface area (Å²) < 4.78 is 0.497. The molecule has 0 aliphatic heterocycles. The molecule has 0 saturated carbocycles. The zero-order chi connectivity index (χ0) is 13.8. The fourth-order valence-electron chi connectivity index (χ4n) is 2.30. The molecule has 1 unspecified atom stereocenters. The minimum atomic E-state index is -1.28. The van der Waals surface area contributed by atoms with E-state index in [1.807, 2.05) is 51.5 Å². The number of carboxylic acid groups (broad SMARTS) is 1. The van der Waals surface area contributed by atoms with Gasteiger partial charge >= 0.3 is 0 Å². The molecule has 0 radical (unpaired) electrons. The number of carbonyl (C=O) groups is 1. The van der Waals surface area contributed by atoms with Gasteiger partial charge in [-0.1, -0.05) is 30.3 Å². The topological polar surface area (TPSA) is 60.4 Å². The van der Waals surface area contributed by atoms with E-state index in [0.717, 1.165) is 5.56 Å². The standard InChI is InChI=1S/C14H21NO3/c1-15(2,3)11-14(18,10-13(16)17)9-12-7-5-4-6-8-12/h4-8,18H,9-11H2,1-3H3. The Hall–Kier alpha value is -1.39. The number of carboxylic acids is 1. The zero-order valence-corrected chi connectivity index (χ0v) is 11.2. The molecule has 100 valence electrons. The average molecular weight is 251 g/mol. The van der Waals surface area contributed by atoms with Gasteiger partial charge in [0.1, 0.15) is 12.1 Å². The number of hydrogen-bond donors (Lipinski definition) is 1. The van der Waals surface area contributed by atoms with Gasteiger partial charge in [0.15, 0.2) is 0 Å². The van der Waals surface area contributed by atoms with E-state index in [1.165, 1.54) is 0 Å². The third kappa shape index (κ3) is 5.29. The van der Waals surface area contributed by atoms with Gasteiger partial charge in [-0.05, 0) is 5.56 Å². The molecule has 1 aromatic rings. The minimum Gasteiger partial charge on any atom is -0.550 e. The second kappa shape index (κ2) is 5.50. The number of carbonyl (C=O) groups excluding carboxylic acids is 1. The highest BCUT2D eigenvalue weighted by Crippen LogP contribution is 2.20. The van der Waals surface area contributed by atoms with Crippen molar-refractivity contribution in [1.29, 1.82) is 0 Å². The molecule has 1 rings (SSSR count). The monoisotopic (exact) mass is 251 g/mol. The number of hydrogen-bond acceptors (Lipinski definition) is 3. The van der Waals surface area contributed by atoms with Crippen LogP contribution in [0.4, 0.5) is 0 Å². The quantitative estimate of drug-likeness (QED) is 0.713. The number of aliphatic hydroxyl groups is 1. The number of benzene rings is 1. The van der Waals surface area contributed by atoms with Gasteiger partial charge in [0, 0.05) is 18.8 Å². The molecule has 0 bridgehead atoms. The van der Waals surface area contributed by atoms with Crippen molar-refractivity contribution in [3.8, 4) is 0 Å². The van der Waals surface area contributed by atoms with Crippen LogP contribution in [0.25, 0.3) is 0 Å². The first-order chi connectivity index (χ1) is 8.20. The number of quaternary nitrogens is 1. The Balaban J connectivity index is 2.87. The van der Waals surface area contributed by atoms with Crippen molar-refractivity contribution in [2.45, 2.75) is 18.4 Å². The van der Waals surface area contributed by atoms with E-state index in [1.54, 1.807) is 0 Å². The molecule has 18 heavy (non-hydrogen) atoms. The molecule has 4 heteroatoms. The highest BCUT2D eigenvalue weighted by molar-refractivity contribution is 5.65. The first kappa shape index (κ1) is 14.7. The zero-order valence-electron chi connectivity index (χ0n) is 11.2. The molecule has 0 heterocycles. The maximum absolute atomic E-state index is 10.8. The van der Waals surface area contributed by atoms with E-state index in [9.17, 15) is 15.0 Å². The lowest BCUT2D eigenvalue weighted by Gasteiger charge is -2.36. The first-order valence-electron chi connectivity index (χ1n) is 5.97. The minimum absolute atomic E-state index is 0.317. The van der Waals surface area contributed by atoms with Crippen molar-refractivity contribution in [3.05, 3.63) is 35.9 Å². The average Bonchev–Trinajstić information content (AvgIpc) is 2.13. The molecule has 0 amide bonds. The Morgan fingerprint density at radius 1 is 1.28 bits per heavy atom. The lowest BCUT2D eigenvalue weighted by Crippen LogP contribution is -2.52. The van der Waals surface area contributed by atoms with Crippen molar-refractivity contribution >= 4 is 5.97 Å². The maximum Gasteiger partial charge on any atom is 0.123 e. The summed E-state index contributed by atoms with van der Waals surface area (Å²) in [5.74, 6) is -1.22. The van der Waals surface area contributed by atoms with E-state index in [-0.39, 0.29) is 6.42 Å². The van der Waals surface area contributed by atoms with Gasteiger partial charge in [0.25, 0.3) is 0 Å². The van der Waals surface area contributed by atoms with Crippen molar-refractivity contribution in [1.82, 2.24) is 0 Å². The summed E-state index contributed by atoms with van der Waals surface area (Å²) in [6.07, 6.45) is -0.0330. The van der Waals surface area contributed by atoms with Gasteiger partial charge in [0.05, 0.1) is 21.1 Å². The van der Waals surface area contributed by atoms with Crippen molar-refractivity contribution < 1.29 is 19.5 Å². The molecule has 0 fully saturated rings. The Morgan fingerprint density at radius 3 is 2.28 bits per heavy atom. The van der Waals surface area contributed by atoms with Gasteiger partial charge in [-0.3, -0.25) is 0 Å². The molecular weight excluding hydrogens is 230 g/mol. The summed E-state index contributed by atoms with van der Waals surface area (Å²) in [4.78, 5) is 10.8. The molecule has 0 aromatic heterocycles. The number of likely N-dealkylation sites (N-methyl/N-ethyl adjacent to an activating group) is 1. The number of nitrogens with zero attached hydrogens (tertiary/aromatic N) is 1. The smallest absolute Gasteiger partial charge is 0.123 e. The molecule has 1 atom stereocenters. The van der Waals surface area contributed by atoms with Crippen LogP contribution in [0.15, 0.2) is 30.3 Å². The predicted molar refractivity (Wildman–Crippen MR) is 67.6 cm³/mol. The molecule has 1 aromatic carbocycles. The Bertz CT molecular complexity index is 397. The van der Waals surface area contributed by atoms with Crippen molar-refractivity contribution in [3.63, 3.8) is 0 Å². The summed E-state index contributed by atoms with van der Waals surface area (Å²) in [6, 6.07) is 9.41. The summed E-state index contributed by atoms with van der Waals surface area (Å²) in [5.41, 5.74) is -0.354. The molecule has 4 nitrogen and oxygen atoms in total. The Morgan fingerprint density at radius 2 is 1.83 bits per heavy atom. The lowest BCUT2D eigenvalue weighted by molar-refractivity contribution is -0.877. The van der Waals surface area contributed by atoms with Gasteiger partial charge in [-0.15, -0.1) is 0 Å². The van der Waals surface area contributed by atoms with Crippen LogP contribution < -0.4 is 5.11 Å². The Kier molecular flexibility index (Phi) is 4.48. The lowest BCUT2D eigenvalue weighted by atomic mass is 9.90. The van der Waals surface area contributed by atoms with Crippen LogP contribution in [0.1, 0.15) is 12.0 Å². The molecular formula is C14H21NO3. The summed E-state index contributed by atoms with van der Waals surface area (Å²) in [5, 5.41) is 21.3. The normalized spacial score (nSPS) is 15.1. The van der Waals surface area contributed by atoms with Crippen LogP contribution in [0.3, 0.4) is 0 Å². The van der Waals surface area contributed by atoms with Crippen LogP contribution in [-0.2, 0) is 11.2 Å². The van der Waals surface area contributed by atoms with E-state index < -0.39 is 11.6 Å². The number of rotatable bonds is 6. The van der Waals surface area contributed by atoms with Crippen LogP contribution in [0, 0.1) is 0 Å².